The van der Waals surface area contributed by atoms with Gasteiger partial charge in [0.15, 0.2) is 0 Å². The molecule has 0 saturated carbocycles. The van der Waals surface area contributed by atoms with Crippen LogP contribution in [-0.4, -0.2) is 5.11 Å². The summed E-state index contributed by atoms with van der Waals surface area (Å²) in [4.78, 5) is 0. The molecule has 2 aromatic carbocycles. The summed E-state index contributed by atoms with van der Waals surface area (Å²) >= 11 is 0. The second-order valence-electron chi connectivity index (χ2n) is 5.30. The Labute approximate surface area is 121 Å². The SMILES string of the molecule is CCC=CCC(C)(O)c1ccc(-c2ccccc2)cc1. The lowest BCUT2D eigenvalue weighted by molar-refractivity contribution is 0.0605. The Kier molecular flexibility index (Phi) is 4.75. The lowest BCUT2D eigenvalue weighted by Gasteiger charge is -2.22. The fourth-order valence-corrected chi connectivity index (χ4v) is 2.25. The van der Waals surface area contributed by atoms with Crippen LogP contribution < -0.4 is 0 Å². The molecule has 20 heavy (non-hydrogen) atoms. The molecule has 0 amide bonds. The van der Waals surface area contributed by atoms with E-state index in [0.717, 1.165) is 12.0 Å². The van der Waals surface area contributed by atoms with E-state index in [1.165, 1.54) is 11.1 Å². The van der Waals surface area contributed by atoms with Crippen LogP contribution in [0, 0.1) is 0 Å². The van der Waals surface area contributed by atoms with Crippen molar-refractivity contribution in [3.8, 4) is 11.1 Å². The lowest BCUT2D eigenvalue weighted by Crippen LogP contribution is -2.19. The molecular formula is C19H22O. The molecule has 0 spiro atoms. The predicted octanol–water partition coefficient (Wildman–Crippen LogP) is 4.92. The smallest absolute Gasteiger partial charge is 0.0902 e. The number of rotatable bonds is 5. The molecule has 0 aliphatic carbocycles. The molecule has 1 unspecified atom stereocenters. The fourth-order valence-electron chi connectivity index (χ4n) is 2.25. The van der Waals surface area contributed by atoms with Crippen LogP contribution in [0.15, 0.2) is 66.7 Å². The summed E-state index contributed by atoms with van der Waals surface area (Å²) in [5.41, 5.74) is 2.53. The fraction of sp³-hybridized carbons (Fsp3) is 0.263. The monoisotopic (exact) mass is 266 g/mol. The molecule has 0 bridgehead atoms. The summed E-state index contributed by atoms with van der Waals surface area (Å²) in [5, 5.41) is 10.5. The maximum absolute atomic E-state index is 10.5. The third-order valence-corrected chi connectivity index (χ3v) is 3.53. The van der Waals surface area contributed by atoms with Crippen LogP contribution in [-0.2, 0) is 5.60 Å². The normalized spacial score (nSPS) is 14.3. The second kappa shape index (κ2) is 6.53. The molecule has 0 aliphatic heterocycles. The van der Waals surface area contributed by atoms with Gasteiger partial charge in [0.05, 0.1) is 5.60 Å². The number of hydrogen-bond acceptors (Lipinski definition) is 1. The third kappa shape index (κ3) is 3.58. The van der Waals surface area contributed by atoms with Gasteiger partial charge in [-0.05, 0) is 36.5 Å². The number of aliphatic hydroxyl groups is 1. The highest BCUT2D eigenvalue weighted by Crippen LogP contribution is 2.27. The largest absolute Gasteiger partial charge is 0.385 e. The molecule has 2 aromatic rings. The molecule has 0 aliphatic rings. The number of allylic oxidation sites excluding steroid dienone is 1. The second-order valence-corrected chi connectivity index (χ2v) is 5.30. The van der Waals surface area contributed by atoms with Gasteiger partial charge in [0.1, 0.15) is 0 Å². The van der Waals surface area contributed by atoms with Crippen LogP contribution in [0.2, 0.25) is 0 Å². The Morgan fingerprint density at radius 3 is 2.10 bits per heavy atom. The zero-order valence-electron chi connectivity index (χ0n) is 12.2. The van der Waals surface area contributed by atoms with Crippen molar-refractivity contribution in [1.29, 1.82) is 0 Å². The van der Waals surface area contributed by atoms with Crippen LogP contribution in [0.1, 0.15) is 32.3 Å². The van der Waals surface area contributed by atoms with Crippen molar-refractivity contribution in [1.82, 2.24) is 0 Å². The molecule has 1 atom stereocenters. The standard InChI is InChI=1S/C19H22O/c1-3-4-8-15-19(2,20)18-13-11-17(12-14-18)16-9-6-5-7-10-16/h4-14,20H,3,15H2,1-2H3. The van der Waals surface area contributed by atoms with Crippen LogP contribution >= 0.6 is 0 Å². The van der Waals surface area contributed by atoms with Crippen molar-refractivity contribution in [3.05, 3.63) is 72.3 Å². The van der Waals surface area contributed by atoms with Crippen molar-refractivity contribution in [3.63, 3.8) is 0 Å². The van der Waals surface area contributed by atoms with E-state index in [4.69, 9.17) is 0 Å². The molecule has 1 nitrogen and oxygen atoms in total. The highest BCUT2D eigenvalue weighted by Gasteiger charge is 2.21. The molecule has 0 radical (unpaired) electrons. The van der Waals surface area contributed by atoms with Crippen LogP contribution in [0.3, 0.4) is 0 Å². The summed E-state index contributed by atoms with van der Waals surface area (Å²) in [6, 6.07) is 18.5. The van der Waals surface area contributed by atoms with E-state index in [2.05, 4.69) is 37.3 Å². The molecule has 0 fully saturated rings. The zero-order chi connectivity index (χ0) is 14.4. The first-order valence-corrected chi connectivity index (χ1v) is 7.17. The van der Waals surface area contributed by atoms with E-state index < -0.39 is 5.60 Å². The Bertz CT molecular complexity index is 550. The van der Waals surface area contributed by atoms with Crippen molar-refractivity contribution in [2.45, 2.75) is 32.3 Å². The van der Waals surface area contributed by atoms with Gasteiger partial charge in [0.2, 0.25) is 0 Å². The Balaban J connectivity index is 2.17. The van der Waals surface area contributed by atoms with Crippen LogP contribution in [0.5, 0.6) is 0 Å². The van der Waals surface area contributed by atoms with Gasteiger partial charge >= 0.3 is 0 Å². The van der Waals surface area contributed by atoms with Gasteiger partial charge in [-0.15, -0.1) is 0 Å². The van der Waals surface area contributed by atoms with Crippen LogP contribution in [0.4, 0.5) is 0 Å². The van der Waals surface area contributed by atoms with E-state index in [1.54, 1.807) is 0 Å². The predicted molar refractivity (Wildman–Crippen MR) is 85.5 cm³/mol. The molecule has 1 N–H and O–H groups in total. The van der Waals surface area contributed by atoms with E-state index in [0.29, 0.717) is 6.42 Å². The van der Waals surface area contributed by atoms with E-state index in [1.807, 2.05) is 43.3 Å². The summed E-state index contributed by atoms with van der Waals surface area (Å²) in [6.45, 7) is 3.96. The molecular weight excluding hydrogens is 244 g/mol. The highest BCUT2D eigenvalue weighted by atomic mass is 16.3. The third-order valence-electron chi connectivity index (χ3n) is 3.53. The van der Waals surface area contributed by atoms with Gasteiger partial charge in [-0.25, -0.2) is 0 Å². The van der Waals surface area contributed by atoms with E-state index >= 15 is 0 Å². The number of hydrogen-bond donors (Lipinski definition) is 1. The maximum Gasteiger partial charge on any atom is 0.0902 e. The first kappa shape index (κ1) is 14.5. The van der Waals surface area contributed by atoms with Crippen molar-refractivity contribution < 1.29 is 5.11 Å². The molecule has 1 heteroatoms. The van der Waals surface area contributed by atoms with Gasteiger partial charge in [-0.1, -0.05) is 73.7 Å². The van der Waals surface area contributed by atoms with Gasteiger partial charge in [-0.2, -0.15) is 0 Å². The van der Waals surface area contributed by atoms with Crippen molar-refractivity contribution in [2.75, 3.05) is 0 Å². The zero-order valence-corrected chi connectivity index (χ0v) is 12.2. The van der Waals surface area contributed by atoms with Gasteiger partial charge < -0.3 is 5.11 Å². The van der Waals surface area contributed by atoms with E-state index in [-0.39, 0.29) is 0 Å². The van der Waals surface area contributed by atoms with Crippen molar-refractivity contribution >= 4 is 0 Å². The average molecular weight is 266 g/mol. The van der Waals surface area contributed by atoms with Gasteiger partial charge in [0.25, 0.3) is 0 Å². The summed E-state index contributed by atoms with van der Waals surface area (Å²) in [7, 11) is 0. The average Bonchev–Trinajstić information content (AvgIpc) is 2.48. The molecule has 2 rings (SSSR count). The quantitative estimate of drug-likeness (QED) is 0.762. The minimum atomic E-state index is -0.805. The first-order chi connectivity index (χ1) is 9.63. The minimum absolute atomic E-state index is 0.644. The first-order valence-electron chi connectivity index (χ1n) is 7.17. The maximum atomic E-state index is 10.5. The summed E-state index contributed by atoms with van der Waals surface area (Å²) < 4.78 is 0. The Hall–Kier alpha value is -1.86. The minimum Gasteiger partial charge on any atom is -0.385 e. The van der Waals surface area contributed by atoms with Gasteiger partial charge in [0, 0.05) is 0 Å². The Morgan fingerprint density at radius 2 is 1.50 bits per heavy atom. The number of benzene rings is 2. The van der Waals surface area contributed by atoms with E-state index in [9.17, 15) is 5.11 Å². The highest BCUT2D eigenvalue weighted by molar-refractivity contribution is 5.63. The van der Waals surface area contributed by atoms with Crippen molar-refractivity contribution in [2.24, 2.45) is 0 Å². The molecule has 0 aromatic heterocycles. The molecule has 104 valence electrons. The van der Waals surface area contributed by atoms with Crippen LogP contribution in [0.25, 0.3) is 11.1 Å². The Morgan fingerprint density at radius 1 is 0.900 bits per heavy atom. The summed E-state index contributed by atoms with van der Waals surface area (Å²) in [6.07, 6.45) is 5.78. The molecule has 0 heterocycles. The summed E-state index contributed by atoms with van der Waals surface area (Å²) in [5.74, 6) is 0. The molecule has 0 saturated heterocycles. The lowest BCUT2D eigenvalue weighted by atomic mass is 9.91. The van der Waals surface area contributed by atoms with Gasteiger partial charge in [-0.3, -0.25) is 0 Å². The topological polar surface area (TPSA) is 20.2 Å².